The maximum Gasteiger partial charge on any atom is 0.227 e. The van der Waals surface area contributed by atoms with Gasteiger partial charge in [0.15, 0.2) is 0 Å². The lowest BCUT2D eigenvalue weighted by molar-refractivity contribution is 0.313. The number of nitrogens with zero attached hydrogens (tertiary/aromatic N) is 2. The molecule has 0 unspecified atom stereocenters. The van der Waals surface area contributed by atoms with Crippen molar-refractivity contribution in [2.75, 3.05) is 13.1 Å². The minimum Gasteiger partial charge on any atom is -0.464 e. The molecule has 1 aromatic carbocycles. The van der Waals surface area contributed by atoms with E-state index in [1.807, 2.05) is 24.3 Å². The van der Waals surface area contributed by atoms with Gasteiger partial charge in [0.25, 0.3) is 0 Å². The Morgan fingerprint density at radius 3 is 2.95 bits per heavy atom. The Morgan fingerprint density at radius 1 is 1.19 bits per heavy atom. The molecule has 4 rings (SSSR count). The second-order valence-electron chi connectivity index (χ2n) is 5.55. The van der Waals surface area contributed by atoms with Crippen molar-refractivity contribution in [2.24, 2.45) is 5.92 Å². The molecule has 0 bridgehead atoms. The van der Waals surface area contributed by atoms with Crippen molar-refractivity contribution in [3.63, 3.8) is 0 Å². The van der Waals surface area contributed by atoms with Crippen molar-refractivity contribution in [1.29, 1.82) is 0 Å². The fraction of sp³-hybridized carbons (Fsp3) is 0.375. The average molecular weight is 283 g/mol. The number of nitrogens with one attached hydrogen (secondary N) is 1. The maximum absolute atomic E-state index is 5.53. The zero-order valence-corrected chi connectivity index (χ0v) is 11.7. The first kappa shape index (κ1) is 12.6. The first-order valence-corrected chi connectivity index (χ1v) is 7.40. The Morgan fingerprint density at radius 2 is 2.05 bits per heavy atom. The van der Waals surface area contributed by atoms with Gasteiger partial charge in [-0.1, -0.05) is 23.4 Å². The van der Waals surface area contributed by atoms with Crippen molar-refractivity contribution in [3.8, 4) is 11.4 Å². The number of hydrogen-bond donors (Lipinski definition) is 1. The van der Waals surface area contributed by atoms with E-state index in [1.165, 1.54) is 12.8 Å². The number of benzene rings is 1. The second kappa shape index (κ2) is 5.33. The minimum absolute atomic E-state index is 0.615. The lowest BCUT2D eigenvalue weighted by Crippen LogP contribution is -2.28. The van der Waals surface area contributed by atoms with E-state index in [1.54, 1.807) is 6.26 Å². The molecule has 2 aromatic heterocycles. The number of para-hydroxylation sites is 1. The summed E-state index contributed by atoms with van der Waals surface area (Å²) in [5.74, 6) is 1.98. The zero-order valence-electron chi connectivity index (χ0n) is 11.7. The highest BCUT2D eigenvalue weighted by molar-refractivity contribution is 5.91. The van der Waals surface area contributed by atoms with Crippen LogP contribution in [0.5, 0.6) is 0 Å². The van der Waals surface area contributed by atoms with Crippen molar-refractivity contribution in [2.45, 2.75) is 19.3 Å². The van der Waals surface area contributed by atoms with Gasteiger partial charge in [0.1, 0.15) is 11.8 Å². The number of rotatable bonds is 3. The first-order valence-electron chi connectivity index (χ1n) is 7.40. The molecule has 5 nitrogen and oxygen atoms in total. The summed E-state index contributed by atoms with van der Waals surface area (Å²) in [5, 5.41) is 8.50. The molecule has 1 N–H and O–H groups in total. The quantitative estimate of drug-likeness (QED) is 0.800. The molecule has 0 saturated carbocycles. The third-order valence-electron chi connectivity index (χ3n) is 4.11. The van der Waals surface area contributed by atoms with Crippen LogP contribution in [0.15, 0.2) is 39.5 Å². The van der Waals surface area contributed by atoms with Gasteiger partial charge < -0.3 is 14.3 Å². The van der Waals surface area contributed by atoms with E-state index in [0.29, 0.717) is 11.7 Å². The smallest absolute Gasteiger partial charge is 0.227 e. The van der Waals surface area contributed by atoms with E-state index in [4.69, 9.17) is 8.94 Å². The molecule has 0 spiro atoms. The Kier molecular flexibility index (Phi) is 3.20. The fourth-order valence-electron chi connectivity index (χ4n) is 2.93. The van der Waals surface area contributed by atoms with Gasteiger partial charge in [-0.2, -0.15) is 4.98 Å². The minimum atomic E-state index is 0.615. The van der Waals surface area contributed by atoms with Crippen LogP contribution in [0.25, 0.3) is 22.4 Å². The number of hydrogen-bond acceptors (Lipinski definition) is 5. The molecule has 3 aromatic rings. The molecule has 21 heavy (non-hydrogen) atoms. The largest absolute Gasteiger partial charge is 0.464 e. The summed E-state index contributed by atoms with van der Waals surface area (Å²) >= 11 is 0. The molecule has 0 amide bonds. The van der Waals surface area contributed by atoms with E-state index in [-0.39, 0.29) is 0 Å². The maximum atomic E-state index is 5.53. The van der Waals surface area contributed by atoms with E-state index >= 15 is 0 Å². The van der Waals surface area contributed by atoms with Crippen molar-refractivity contribution < 1.29 is 8.94 Å². The lowest BCUT2D eigenvalue weighted by atomic mass is 9.95. The molecule has 0 aliphatic carbocycles. The van der Waals surface area contributed by atoms with Crippen molar-refractivity contribution in [3.05, 3.63) is 36.4 Å². The van der Waals surface area contributed by atoms with Crippen LogP contribution in [0.4, 0.5) is 0 Å². The molecule has 0 radical (unpaired) electrons. The second-order valence-corrected chi connectivity index (χ2v) is 5.55. The topological polar surface area (TPSA) is 64.1 Å². The number of fused-ring (bicyclic) bond motifs is 1. The van der Waals surface area contributed by atoms with Gasteiger partial charge >= 0.3 is 0 Å². The Hall–Kier alpha value is -2.14. The van der Waals surface area contributed by atoms with E-state index < -0.39 is 0 Å². The highest BCUT2D eigenvalue weighted by Gasteiger charge is 2.19. The number of aromatic nitrogens is 2. The molecule has 1 aliphatic heterocycles. The van der Waals surface area contributed by atoms with Crippen LogP contribution in [-0.2, 0) is 6.42 Å². The highest BCUT2D eigenvalue weighted by Crippen LogP contribution is 2.29. The summed E-state index contributed by atoms with van der Waals surface area (Å²) in [6, 6.07) is 7.89. The standard InChI is InChI=1S/C16H17N3O2/c1-2-4-14-12(3-1)13(10-20-14)16-18-15(21-19-16)9-11-5-7-17-8-6-11/h1-4,10-11,17H,5-9H2. The lowest BCUT2D eigenvalue weighted by Gasteiger charge is -2.20. The predicted molar refractivity (Wildman–Crippen MR) is 78.8 cm³/mol. The molecule has 108 valence electrons. The third kappa shape index (κ3) is 2.45. The fourth-order valence-corrected chi connectivity index (χ4v) is 2.93. The predicted octanol–water partition coefficient (Wildman–Crippen LogP) is 3.02. The summed E-state index contributed by atoms with van der Waals surface area (Å²) in [5.41, 5.74) is 1.74. The molecular formula is C16H17N3O2. The summed E-state index contributed by atoms with van der Waals surface area (Å²) < 4.78 is 10.9. The van der Waals surface area contributed by atoms with Gasteiger partial charge in [-0.3, -0.25) is 0 Å². The van der Waals surface area contributed by atoms with Gasteiger partial charge in [0, 0.05) is 11.8 Å². The molecule has 3 heterocycles. The van der Waals surface area contributed by atoms with Gasteiger partial charge in [-0.25, -0.2) is 0 Å². The van der Waals surface area contributed by atoms with Gasteiger partial charge in [0.05, 0.1) is 5.56 Å². The van der Waals surface area contributed by atoms with E-state index in [0.717, 1.165) is 41.9 Å². The molecule has 5 heteroatoms. The van der Waals surface area contributed by atoms with Crippen LogP contribution in [0.2, 0.25) is 0 Å². The Bertz CT molecular complexity index is 741. The summed E-state index contributed by atoms with van der Waals surface area (Å²) in [7, 11) is 0. The SMILES string of the molecule is c1ccc2c(-c3noc(CC4CCNCC4)n3)coc2c1. The molecule has 1 fully saturated rings. The van der Waals surface area contributed by atoms with Gasteiger partial charge in [-0.05, 0) is 37.9 Å². The van der Waals surface area contributed by atoms with Crippen molar-refractivity contribution in [1.82, 2.24) is 15.5 Å². The van der Waals surface area contributed by atoms with E-state index in [2.05, 4.69) is 15.5 Å². The van der Waals surface area contributed by atoms with Crippen molar-refractivity contribution >= 4 is 11.0 Å². The van der Waals surface area contributed by atoms with Crippen LogP contribution in [0.1, 0.15) is 18.7 Å². The van der Waals surface area contributed by atoms with E-state index in [9.17, 15) is 0 Å². The Balaban J connectivity index is 1.59. The number of piperidine rings is 1. The third-order valence-corrected chi connectivity index (χ3v) is 4.11. The highest BCUT2D eigenvalue weighted by atomic mass is 16.5. The van der Waals surface area contributed by atoms with Crippen LogP contribution in [0, 0.1) is 5.92 Å². The summed E-state index contributed by atoms with van der Waals surface area (Å²) in [4.78, 5) is 4.54. The molecule has 0 atom stereocenters. The Labute approximate surface area is 122 Å². The monoisotopic (exact) mass is 283 g/mol. The molecule has 1 aliphatic rings. The summed E-state index contributed by atoms with van der Waals surface area (Å²) in [6.07, 6.45) is 4.91. The zero-order chi connectivity index (χ0) is 14.1. The molecular weight excluding hydrogens is 266 g/mol. The molecule has 1 saturated heterocycles. The number of furan rings is 1. The average Bonchev–Trinajstić information content (AvgIpc) is 3.14. The normalized spacial score (nSPS) is 16.6. The van der Waals surface area contributed by atoms with Crippen LogP contribution < -0.4 is 5.32 Å². The summed E-state index contributed by atoms with van der Waals surface area (Å²) in [6.45, 7) is 2.16. The van der Waals surface area contributed by atoms with Crippen LogP contribution >= 0.6 is 0 Å². The first-order chi connectivity index (χ1) is 10.4. The van der Waals surface area contributed by atoms with Gasteiger partial charge in [-0.15, -0.1) is 0 Å². The van der Waals surface area contributed by atoms with Crippen LogP contribution in [-0.4, -0.2) is 23.2 Å². The van der Waals surface area contributed by atoms with Gasteiger partial charge in [0.2, 0.25) is 11.7 Å². The van der Waals surface area contributed by atoms with Crippen LogP contribution in [0.3, 0.4) is 0 Å².